The number of hydrogen-bond donors (Lipinski definition) is 3. The quantitative estimate of drug-likeness (QED) is 0.101. The number of aromatic nitrogens is 1. The molecule has 2 amide bonds. The van der Waals surface area contributed by atoms with E-state index in [0.29, 0.717) is 0 Å². The Labute approximate surface area is 185 Å². The third-order valence-corrected chi connectivity index (χ3v) is 4.95. The number of nitrogens with zero attached hydrogens (tertiary/aromatic N) is 3. The number of amides is 2. The van der Waals surface area contributed by atoms with E-state index in [1.54, 1.807) is 0 Å². The van der Waals surface area contributed by atoms with Crippen LogP contribution in [0.1, 0.15) is 12.6 Å². The van der Waals surface area contributed by atoms with Gasteiger partial charge in [0.25, 0.3) is 11.8 Å². The van der Waals surface area contributed by atoms with E-state index in [1.807, 2.05) is 0 Å². The van der Waals surface area contributed by atoms with Gasteiger partial charge in [0.15, 0.2) is 10.8 Å². The Kier molecular flexibility index (Phi) is 8.33. The van der Waals surface area contributed by atoms with Gasteiger partial charge in [-0.3, -0.25) is 18.9 Å². The van der Waals surface area contributed by atoms with Crippen molar-refractivity contribution in [3.63, 3.8) is 0 Å². The van der Waals surface area contributed by atoms with E-state index in [9.17, 15) is 22.8 Å². The number of rotatable bonds is 7. The number of nitrogens with one attached hydrogen (secondary N) is 1. The summed E-state index contributed by atoms with van der Waals surface area (Å²) in [5.74, 6) is -2.77. The van der Waals surface area contributed by atoms with Crippen LogP contribution in [0.3, 0.4) is 0 Å². The fourth-order valence-corrected chi connectivity index (χ4v) is 3.64. The van der Waals surface area contributed by atoms with Crippen LogP contribution in [0.25, 0.3) is 0 Å². The topological polar surface area (TPSA) is 191 Å². The second-order valence-corrected chi connectivity index (χ2v) is 7.31. The summed E-state index contributed by atoms with van der Waals surface area (Å²) in [5, 5.41) is 7.36. The van der Waals surface area contributed by atoms with Crippen molar-refractivity contribution >= 4 is 79.8 Å². The number of esters is 1. The minimum absolute atomic E-state index is 0. The van der Waals surface area contributed by atoms with Gasteiger partial charge < -0.3 is 20.6 Å². The molecular weight excluding hydrogens is 429 g/mol. The molecule has 1 aromatic rings. The molecule has 1 aliphatic heterocycles. The van der Waals surface area contributed by atoms with Crippen LogP contribution >= 0.6 is 11.3 Å². The van der Waals surface area contributed by atoms with Crippen LogP contribution in [-0.2, 0) is 34.3 Å². The summed E-state index contributed by atoms with van der Waals surface area (Å²) in [6, 6.07) is -2.72. The van der Waals surface area contributed by atoms with E-state index in [-0.39, 0.29) is 50.4 Å². The van der Waals surface area contributed by atoms with Gasteiger partial charge in [-0.05, 0) is 0 Å². The first-order valence-corrected chi connectivity index (χ1v) is 9.41. The van der Waals surface area contributed by atoms with Gasteiger partial charge in [-0.25, -0.2) is 9.29 Å². The average molecular weight is 445 g/mol. The first-order chi connectivity index (χ1) is 12.6. The van der Waals surface area contributed by atoms with E-state index in [1.165, 1.54) is 12.5 Å². The van der Waals surface area contributed by atoms with Crippen LogP contribution in [0, 0.1) is 0 Å². The molecule has 13 nitrogen and oxygen atoms in total. The maximum atomic E-state index is 12.4. The van der Waals surface area contributed by atoms with Crippen molar-refractivity contribution in [1.82, 2.24) is 14.6 Å². The zero-order chi connectivity index (χ0) is 20.4. The van der Waals surface area contributed by atoms with Crippen LogP contribution in [0.4, 0.5) is 5.13 Å². The Bertz CT molecular complexity index is 902. The molecule has 1 saturated heterocycles. The van der Waals surface area contributed by atoms with Crippen molar-refractivity contribution in [1.29, 1.82) is 0 Å². The number of nitrogens with two attached hydrogens (primary N) is 1. The second kappa shape index (κ2) is 9.62. The Morgan fingerprint density at radius 2 is 2.14 bits per heavy atom. The fourth-order valence-electron chi connectivity index (χ4n) is 2.23. The van der Waals surface area contributed by atoms with Crippen LogP contribution in [0.15, 0.2) is 10.5 Å². The molecule has 2 atom stereocenters. The summed E-state index contributed by atoms with van der Waals surface area (Å²) in [6.07, 6.45) is 0. The molecule has 4 N–H and O–H groups in total. The molecule has 2 unspecified atom stereocenters. The summed E-state index contributed by atoms with van der Waals surface area (Å²) in [6.45, 7) is 0.508. The number of carbonyl (C=O) groups excluding carboxylic acids is 3. The third-order valence-electron chi connectivity index (χ3n) is 3.32. The standard InChI is InChI=1S/C12H15N5O8S2.Na.H/c1-5(18)25-3-7-9(11(20)17(7)27(21,22)23)15-10(19)8(16-24-2)6-4-26-12(13)14-6;;/h4,7,9H,3H2,1-2H3,(H2,13,14)(H,15,19)(H,21,22,23);;/b16-8-;;. The summed E-state index contributed by atoms with van der Waals surface area (Å²) in [7, 11) is -3.72. The van der Waals surface area contributed by atoms with Gasteiger partial charge in [-0.1, -0.05) is 5.16 Å². The Balaban J connectivity index is 0.00000392. The number of ether oxygens (including phenoxy) is 1. The van der Waals surface area contributed by atoms with Crippen LogP contribution in [0.2, 0.25) is 0 Å². The van der Waals surface area contributed by atoms with E-state index in [2.05, 4.69) is 25.0 Å². The normalized spacial score (nSPS) is 19.3. The van der Waals surface area contributed by atoms with Gasteiger partial charge in [0.05, 0.1) is 0 Å². The number of β-lactam (4-membered cyclic amide) rings is 1. The van der Waals surface area contributed by atoms with Gasteiger partial charge in [-0.2, -0.15) is 8.42 Å². The number of carbonyl (C=O) groups is 3. The fraction of sp³-hybridized carbons (Fsp3) is 0.417. The first-order valence-electron chi connectivity index (χ1n) is 7.13. The third kappa shape index (κ3) is 5.39. The Morgan fingerprint density at radius 3 is 2.61 bits per heavy atom. The summed E-state index contributed by atoms with van der Waals surface area (Å²) in [5.41, 5.74) is 5.27. The molecule has 1 aromatic heterocycles. The van der Waals surface area contributed by atoms with E-state index >= 15 is 0 Å². The van der Waals surface area contributed by atoms with Gasteiger partial charge >= 0.3 is 45.8 Å². The number of anilines is 1. The van der Waals surface area contributed by atoms with Crippen molar-refractivity contribution in [2.45, 2.75) is 19.0 Å². The molecule has 1 fully saturated rings. The van der Waals surface area contributed by atoms with Crippen LogP contribution < -0.4 is 11.1 Å². The maximum absolute atomic E-state index is 12.4. The molecule has 0 radical (unpaired) electrons. The Morgan fingerprint density at radius 1 is 1.50 bits per heavy atom. The molecule has 150 valence electrons. The zero-order valence-corrected chi connectivity index (χ0v) is 15.6. The van der Waals surface area contributed by atoms with E-state index < -0.39 is 46.8 Å². The van der Waals surface area contributed by atoms with Crippen molar-refractivity contribution in [2.75, 3.05) is 19.5 Å². The first kappa shape index (κ1) is 24.3. The number of thiazole rings is 1. The van der Waals surface area contributed by atoms with Crippen LogP contribution in [0.5, 0.6) is 0 Å². The molecule has 1 aliphatic rings. The van der Waals surface area contributed by atoms with Crippen molar-refractivity contribution in [3.8, 4) is 0 Å². The van der Waals surface area contributed by atoms with Crippen molar-refractivity contribution in [3.05, 3.63) is 11.1 Å². The molecule has 28 heavy (non-hydrogen) atoms. The number of oxime groups is 1. The molecule has 0 aromatic carbocycles. The van der Waals surface area contributed by atoms with Crippen LogP contribution in [-0.4, -0.2) is 101 Å². The van der Waals surface area contributed by atoms with Gasteiger partial charge in [0.1, 0.15) is 31.5 Å². The summed E-state index contributed by atoms with van der Waals surface area (Å²) >= 11 is 1.04. The monoisotopic (exact) mass is 445 g/mol. The molecule has 0 aliphatic carbocycles. The number of nitrogen functional groups attached to an aromatic ring is 1. The predicted octanol–water partition coefficient (Wildman–Crippen LogP) is -2.51. The minimum atomic E-state index is -4.90. The average Bonchev–Trinajstić information content (AvgIpc) is 2.98. The molecule has 16 heteroatoms. The Hall–Kier alpha value is -1.78. The van der Waals surface area contributed by atoms with Gasteiger partial charge in [-0.15, -0.1) is 11.3 Å². The summed E-state index contributed by atoms with van der Waals surface area (Å²) in [4.78, 5) is 43.9. The molecule has 2 rings (SSSR count). The second-order valence-electron chi connectivity index (χ2n) is 5.13. The van der Waals surface area contributed by atoms with Crippen molar-refractivity contribution < 1.29 is 36.9 Å². The molecule has 0 saturated carbocycles. The van der Waals surface area contributed by atoms with Gasteiger partial charge in [0.2, 0.25) is 0 Å². The van der Waals surface area contributed by atoms with E-state index in [0.717, 1.165) is 18.3 Å². The van der Waals surface area contributed by atoms with Gasteiger partial charge in [0, 0.05) is 12.3 Å². The molecule has 2 heterocycles. The molecular formula is C12H16N5NaO8S2. The predicted molar refractivity (Wildman–Crippen MR) is 98.0 cm³/mol. The zero-order valence-electron chi connectivity index (χ0n) is 14.0. The van der Waals surface area contributed by atoms with Crippen molar-refractivity contribution in [2.24, 2.45) is 5.16 Å². The molecule has 0 bridgehead atoms. The summed E-state index contributed by atoms with van der Waals surface area (Å²) < 4.78 is 36.5. The van der Waals surface area contributed by atoms with E-state index in [4.69, 9.17) is 10.3 Å². The SMILES string of the molecule is CO/N=C(\C(=O)NC1C(=O)N(S(=O)(=O)O)C1COC(C)=O)c1csc(N)n1.[NaH]. The number of hydrogen-bond acceptors (Lipinski definition) is 11. The molecule has 0 spiro atoms.